The third-order valence-corrected chi connectivity index (χ3v) is 13.6. The molecular formula is C73H120O6. The van der Waals surface area contributed by atoms with E-state index < -0.39 is 6.10 Å². The fourth-order valence-electron chi connectivity index (χ4n) is 8.80. The Balaban J connectivity index is 4.27. The molecule has 0 saturated carbocycles. The molecule has 1 unspecified atom stereocenters. The highest BCUT2D eigenvalue weighted by Gasteiger charge is 2.19. The van der Waals surface area contributed by atoms with Crippen LogP contribution in [0.1, 0.15) is 290 Å². The molecule has 0 bridgehead atoms. The zero-order chi connectivity index (χ0) is 57.1. The first-order valence-electron chi connectivity index (χ1n) is 32.7. The summed E-state index contributed by atoms with van der Waals surface area (Å²) < 4.78 is 16.8. The van der Waals surface area contributed by atoms with E-state index in [4.69, 9.17) is 14.2 Å². The van der Waals surface area contributed by atoms with Crippen LogP contribution in [0.15, 0.2) is 134 Å². The maximum absolute atomic E-state index is 12.9. The zero-order valence-corrected chi connectivity index (χ0v) is 51.3. The molecule has 0 spiro atoms. The van der Waals surface area contributed by atoms with Crippen LogP contribution < -0.4 is 0 Å². The van der Waals surface area contributed by atoms with Crippen molar-refractivity contribution in [1.82, 2.24) is 0 Å². The van der Waals surface area contributed by atoms with Crippen LogP contribution in [0.5, 0.6) is 0 Å². The third-order valence-electron chi connectivity index (χ3n) is 13.6. The molecule has 0 heterocycles. The molecule has 0 rings (SSSR count). The molecule has 0 aromatic heterocycles. The first-order chi connectivity index (χ1) is 39.0. The van der Waals surface area contributed by atoms with Crippen LogP contribution in [-0.4, -0.2) is 37.2 Å². The Morgan fingerprint density at radius 3 is 0.810 bits per heavy atom. The molecule has 0 amide bonds. The van der Waals surface area contributed by atoms with Gasteiger partial charge in [0, 0.05) is 19.3 Å². The van der Waals surface area contributed by atoms with E-state index in [1.54, 1.807) is 0 Å². The largest absolute Gasteiger partial charge is 0.462 e. The van der Waals surface area contributed by atoms with Gasteiger partial charge >= 0.3 is 17.9 Å². The van der Waals surface area contributed by atoms with Gasteiger partial charge in [0.05, 0.1) is 0 Å². The van der Waals surface area contributed by atoms with E-state index in [2.05, 4.69) is 154 Å². The lowest BCUT2D eigenvalue weighted by molar-refractivity contribution is -0.167. The number of rotatable bonds is 58. The maximum Gasteiger partial charge on any atom is 0.306 e. The predicted octanol–water partition coefficient (Wildman–Crippen LogP) is 22.5. The summed E-state index contributed by atoms with van der Waals surface area (Å²) >= 11 is 0. The van der Waals surface area contributed by atoms with Crippen molar-refractivity contribution in [3.8, 4) is 0 Å². The average molecular weight is 1090 g/mol. The Morgan fingerprint density at radius 2 is 0.506 bits per heavy atom. The molecule has 6 nitrogen and oxygen atoms in total. The molecule has 0 fully saturated rings. The minimum absolute atomic E-state index is 0.106. The topological polar surface area (TPSA) is 78.9 Å². The fraction of sp³-hybridized carbons (Fsp3) is 0.658. The molecule has 0 aliphatic carbocycles. The summed E-state index contributed by atoms with van der Waals surface area (Å²) in [5, 5.41) is 0. The molecule has 0 aromatic rings. The predicted molar refractivity (Wildman–Crippen MR) is 343 cm³/mol. The van der Waals surface area contributed by atoms with Crippen molar-refractivity contribution < 1.29 is 28.6 Å². The van der Waals surface area contributed by atoms with Crippen molar-refractivity contribution in [2.45, 2.75) is 297 Å². The Hall–Kier alpha value is -4.45. The number of carbonyl (C=O) groups is 3. The number of allylic oxidation sites excluding steroid dienone is 22. The molecule has 1 atom stereocenters. The highest BCUT2D eigenvalue weighted by atomic mass is 16.6. The van der Waals surface area contributed by atoms with Gasteiger partial charge in [-0.3, -0.25) is 14.4 Å². The van der Waals surface area contributed by atoms with Crippen LogP contribution in [0.25, 0.3) is 0 Å². The molecule has 0 radical (unpaired) electrons. The van der Waals surface area contributed by atoms with Gasteiger partial charge in [0.25, 0.3) is 0 Å². The van der Waals surface area contributed by atoms with Crippen LogP contribution in [0.2, 0.25) is 0 Å². The number of unbranched alkanes of at least 4 members (excludes halogenated alkanes) is 25. The SMILES string of the molecule is CC/C=C\C/C=C\C/C=C\C/C=C\C/C=C\CCCC(=O)OC(COC(=O)CCCCCCC/C=C\C/C=C\CCC)COC(=O)CCCCCCCCCCCCCCCCCCCC/C=C\C/C=C\C/C=C\C/C=C\CC. The Bertz CT molecular complexity index is 1680. The van der Waals surface area contributed by atoms with Crippen molar-refractivity contribution in [2.75, 3.05) is 13.2 Å². The van der Waals surface area contributed by atoms with E-state index in [-0.39, 0.29) is 37.5 Å². The summed E-state index contributed by atoms with van der Waals surface area (Å²) in [5.74, 6) is -0.977. The van der Waals surface area contributed by atoms with Crippen molar-refractivity contribution in [3.63, 3.8) is 0 Å². The van der Waals surface area contributed by atoms with Crippen molar-refractivity contribution >= 4 is 17.9 Å². The molecule has 0 aliphatic heterocycles. The molecule has 6 heteroatoms. The highest BCUT2D eigenvalue weighted by Crippen LogP contribution is 2.16. The number of carbonyl (C=O) groups excluding carboxylic acids is 3. The average Bonchev–Trinajstić information content (AvgIpc) is 3.45. The van der Waals surface area contributed by atoms with E-state index in [1.807, 2.05) is 0 Å². The number of hydrogen-bond donors (Lipinski definition) is 0. The fourth-order valence-corrected chi connectivity index (χ4v) is 8.80. The minimum Gasteiger partial charge on any atom is -0.462 e. The first-order valence-corrected chi connectivity index (χ1v) is 32.7. The lowest BCUT2D eigenvalue weighted by atomic mass is 10.0. The summed E-state index contributed by atoms with van der Waals surface area (Å²) in [6.45, 7) is 6.30. The minimum atomic E-state index is -0.817. The van der Waals surface area contributed by atoms with Gasteiger partial charge in [-0.25, -0.2) is 0 Å². The Labute approximate surface area is 487 Å². The quantitative estimate of drug-likeness (QED) is 0.0261. The summed E-state index contributed by atoms with van der Waals surface area (Å²) in [4.78, 5) is 38.3. The van der Waals surface area contributed by atoms with Crippen LogP contribution in [0.3, 0.4) is 0 Å². The van der Waals surface area contributed by atoms with Gasteiger partial charge < -0.3 is 14.2 Å². The van der Waals surface area contributed by atoms with Gasteiger partial charge in [0.2, 0.25) is 0 Å². The molecule has 448 valence electrons. The maximum atomic E-state index is 12.9. The third kappa shape index (κ3) is 64.3. The second-order valence-corrected chi connectivity index (χ2v) is 21.3. The number of ether oxygens (including phenoxy) is 3. The van der Waals surface area contributed by atoms with Crippen molar-refractivity contribution in [2.24, 2.45) is 0 Å². The van der Waals surface area contributed by atoms with Gasteiger partial charge in [-0.05, 0) is 122 Å². The first kappa shape index (κ1) is 74.5. The zero-order valence-electron chi connectivity index (χ0n) is 51.3. The van der Waals surface area contributed by atoms with Crippen LogP contribution in [-0.2, 0) is 28.6 Å². The lowest BCUT2D eigenvalue weighted by Crippen LogP contribution is -2.30. The normalized spacial score (nSPS) is 13.0. The Morgan fingerprint density at radius 1 is 0.266 bits per heavy atom. The summed E-state index contributed by atoms with van der Waals surface area (Å²) in [6.07, 6.45) is 93.4. The second-order valence-electron chi connectivity index (χ2n) is 21.3. The smallest absolute Gasteiger partial charge is 0.306 e. The molecule has 79 heavy (non-hydrogen) atoms. The second kappa shape index (κ2) is 66.1. The monoisotopic (exact) mass is 1090 g/mol. The van der Waals surface area contributed by atoms with Crippen LogP contribution >= 0.6 is 0 Å². The molecule has 0 saturated heterocycles. The van der Waals surface area contributed by atoms with Crippen molar-refractivity contribution in [1.29, 1.82) is 0 Å². The van der Waals surface area contributed by atoms with Crippen LogP contribution in [0.4, 0.5) is 0 Å². The van der Waals surface area contributed by atoms with Gasteiger partial charge in [0.1, 0.15) is 13.2 Å². The standard InChI is InChI=1S/C73H120O6/c1-4-7-10-13-16-19-22-25-27-29-30-31-32-33-34-35-36-37-38-39-40-41-42-44-45-48-51-54-57-60-63-66-72(75)78-69-70(68-77-71(74)65-62-59-56-53-50-47-24-21-18-15-12-9-6-3)79-73(76)67-64-61-58-55-52-49-46-43-28-26-23-20-17-14-11-8-5-2/h7-8,10-12,15-17,19-21,24-28,30-31,46,49,55,58,70H,4-6,9,13-14,18,22-23,29,32-45,47-48,50-54,56-57,59-69H2,1-3H3/b10-7-,11-8-,15-12-,19-16-,20-17-,24-21-,27-25-,28-26-,31-30-,49-46-,58-55-. The number of esters is 3. The van der Waals surface area contributed by atoms with E-state index in [0.717, 1.165) is 135 Å². The van der Waals surface area contributed by atoms with Gasteiger partial charge in [-0.15, -0.1) is 0 Å². The number of hydrogen-bond acceptors (Lipinski definition) is 6. The molecule has 0 N–H and O–H groups in total. The highest BCUT2D eigenvalue weighted by molar-refractivity contribution is 5.71. The summed E-state index contributed by atoms with van der Waals surface area (Å²) in [5.41, 5.74) is 0. The van der Waals surface area contributed by atoms with E-state index in [0.29, 0.717) is 19.3 Å². The molecule has 0 aromatic carbocycles. The molecule has 0 aliphatic rings. The van der Waals surface area contributed by atoms with E-state index in [1.165, 1.54) is 109 Å². The molecular weight excluding hydrogens is 973 g/mol. The van der Waals surface area contributed by atoms with Crippen molar-refractivity contribution in [3.05, 3.63) is 134 Å². The lowest BCUT2D eigenvalue weighted by Gasteiger charge is -2.18. The van der Waals surface area contributed by atoms with Crippen LogP contribution in [0, 0.1) is 0 Å². The van der Waals surface area contributed by atoms with Gasteiger partial charge in [-0.1, -0.05) is 283 Å². The summed E-state index contributed by atoms with van der Waals surface area (Å²) in [7, 11) is 0. The van der Waals surface area contributed by atoms with E-state index in [9.17, 15) is 14.4 Å². The van der Waals surface area contributed by atoms with Gasteiger partial charge in [-0.2, -0.15) is 0 Å². The van der Waals surface area contributed by atoms with Gasteiger partial charge in [0.15, 0.2) is 6.10 Å². The van der Waals surface area contributed by atoms with E-state index >= 15 is 0 Å². The summed E-state index contributed by atoms with van der Waals surface area (Å²) in [6, 6.07) is 0. The Kier molecular flexibility index (Phi) is 62.3.